The fourth-order valence-electron chi connectivity index (χ4n) is 2.95. The molecule has 26 heavy (non-hydrogen) atoms. The number of nitrogens with two attached hydrogens (primary N) is 1. The second kappa shape index (κ2) is 8.01. The molecule has 3 rings (SSSR count). The number of nitrogens with zero attached hydrogens (tertiary/aromatic N) is 2. The van der Waals surface area contributed by atoms with Crippen molar-refractivity contribution in [3.05, 3.63) is 36.0 Å². The maximum absolute atomic E-state index is 11.7. The number of hydrogen-bond donors (Lipinski definition) is 4. The quantitative estimate of drug-likeness (QED) is 0.598. The van der Waals surface area contributed by atoms with Gasteiger partial charge >= 0.3 is 0 Å². The van der Waals surface area contributed by atoms with Crippen molar-refractivity contribution in [1.82, 2.24) is 9.97 Å². The van der Waals surface area contributed by atoms with E-state index in [-0.39, 0.29) is 11.6 Å². The van der Waals surface area contributed by atoms with Gasteiger partial charge in [0.1, 0.15) is 11.6 Å². The number of aromatic nitrogens is 2. The third-order valence-electron chi connectivity index (χ3n) is 4.28. The molecule has 0 bridgehead atoms. The van der Waals surface area contributed by atoms with Crippen LogP contribution in [-0.2, 0) is 0 Å². The molecule has 1 saturated carbocycles. The predicted octanol–water partition coefficient (Wildman–Crippen LogP) is 2.04. The monoisotopic (exact) mass is 357 g/mol. The van der Waals surface area contributed by atoms with Crippen LogP contribution in [0.4, 0.5) is 17.5 Å². The average molecular weight is 357 g/mol. The van der Waals surface area contributed by atoms with Crippen LogP contribution in [0.25, 0.3) is 0 Å². The molecular formula is C18H23N5O3. The number of carbonyl (C=O) groups excluding carboxylic acids is 1. The molecule has 1 heterocycles. The van der Waals surface area contributed by atoms with E-state index in [0.717, 1.165) is 30.7 Å². The van der Waals surface area contributed by atoms with E-state index in [1.807, 2.05) is 31.2 Å². The summed E-state index contributed by atoms with van der Waals surface area (Å²) in [5.41, 5.74) is 6.40. The molecule has 0 unspecified atom stereocenters. The number of hydrogen-bond acceptors (Lipinski definition) is 7. The minimum Gasteiger partial charge on any atom is -0.494 e. The molecule has 0 aliphatic heterocycles. The van der Waals surface area contributed by atoms with Crippen LogP contribution in [-0.4, -0.2) is 39.7 Å². The summed E-state index contributed by atoms with van der Waals surface area (Å²) in [6.07, 6.45) is 3.38. The van der Waals surface area contributed by atoms with Gasteiger partial charge in [-0.05, 0) is 50.5 Å². The number of amides is 1. The van der Waals surface area contributed by atoms with Gasteiger partial charge in [-0.15, -0.1) is 0 Å². The number of primary amides is 1. The van der Waals surface area contributed by atoms with Crippen molar-refractivity contribution in [2.75, 3.05) is 17.2 Å². The van der Waals surface area contributed by atoms with Gasteiger partial charge in [-0.1, -0.05) is 0 Å². The lowest BCUT2D eigenvalue weighted by Crippen LogP contribution is -2.30. The lowest BCUT2D eigenvalue weighted by atomic mass is 10.2. The van der Waals surface area contributed by atoms with Crippen LogP contribution >= 0.6 is 0 Å². The molecule has 0 saturated heterocycles. The lowest BCUT2D eigenvalue weighted by Gasteiger charge is -2.19. The van der Waals surface area contributed by atoms with Gasteiger partial charge in [0.05, 0.1) is 24.3 Å². The maximum Gasteiger partial charge on any atom is 0.254 e. The molecule has 1 aliphatic rings. The molecule has 8 nitrogen and oxygen atoms in total. The fourth-order valence-corrected chi connectivity index (χ4v) is 2.95. The number of nitrogens with one attached hydrogen (secondary N) is 2. The largest absolute Gasteiger partial charge is 0.494 e. The van der Waals surface area contributed by atoms with Crippen molar-refractivity contribution in [3.8, 4) is 5.75 Å². The smallest absolute Gasteiger partial charge is 0.254 e. The van der Waals surface area contributed by atoms with E-state index >= 15 is 0 Å². The summed E-state index contributed by atoms with van der Waals surface area (Å²) in [6, 6.07) is 7.24. The Kier molecular flexibility index (Phi) is 5.52. The molecule has 1 aliphatic carbocycles. The zero-order valence-electron chi connectivity index (χ0n) is 14.6. The second-order valence-electron chi connectivity index (χ2n) is 6.15. The normalized spacial score (nSPS) is 19.2. The van der Waals surface area contributed by atoms with Crippen LogP contribution in [0.5, 0.6) is 5.75 Å². The molecule has 138 valence electrons. The number of carbonyl (C=O) groups is 1. The number of ether oxygens (including phenoxy) is 1. The van der Waals surface area contributed by atoms with Crippen molar-refractivity contribution in [3.63, 3.8) is 0 Å². The van der Waals surface area contributed by atoms with Gasteiger partial charge in [0, 0.05) is 11.9 Å². The molecule has 0 radical (unpaired) electrons. The highest BCUT2D eigenvalue weighted by molar-refractivity contribution is 5.97. The van der Waals surface area contributed by atoms with Gasteiger partial charge in [-0.25, -0.2) is 4.98 Å². The van der Waals surface area contributed by atoms with Gasteiger partial charge < -0.3 is 26.2 Å². The minimum atomic E-state index is -0.618. The Morgan fingerprint density at radius 3 is 2.73 bits per heavy atom. The number of anilines is 3. The zero-order chi connectivity index (χ0) is 18.5. The van der Waals surface area contributed by atoms with Crippen molar-refractivity contribution < 1.29 is 14.6 Å². The highest BCUT2D eigenvalue weighted by Gasteiger charge is 2.27. The first-order chi connectivity index (χ1) is 12.6. The number of aliphatic hydroxyl groups excluding tert-OH is 1. The van der Waals surface area contributed by atoms with Crippen LogP contribution < -0.4 is 21.1 Å². The molecular weight excluding hydrogens is 334 g/mol. The number of aliphatic hydroxyl groups is 1. The van der Waals surface area contributed by atoms with Crippen molar-refractivity contribution in [2.24, 2.45) is 5.73 Å². The Hall–Kier alpha value is -2.87. The molecule has 1 amide bonds. The molecule has 1 fully saturated rings. The highest BCUT2D eigenvalue weighted by Crippen LogP contribution is 2.25. The summed E-state index contributed by atoms with van der Waals surface area (Å²) < 4.78 is 5.41. The topological polar surface area (TPSA) is 122 Å². The SMILES string of the molecule is CCOc1ccc(Nc2ncc(C(N)=O)c(N[C@H]3CCC[C@@H]3O)n2)cc1. The van der Waals surface area contributed by atoms with Crippen molar-refractivity contribution >= 4 is 23.4 Å². The third-order valence-corrected chi connectivity index (χ3v) is 4.28. The second-order valence-corrected chi connectivity index (χ2v) is 6.15. The minimum absolute atomic E-state index is 0.152. The lowest BCUT2D eigenvalue weighted by molar-refractivity contribution is 0.1000. The van der Waals surface area contributed by atoms with Gasteiger partial charge in [-0.2, -0.15) is 4.98 Å². The molecule has 1 aromatic carbocycles. The molecule has 1 aromatic heterocycles. The van der Waals surface area contributed by atoms with Crippen LogP contribution in [0, 0.1) is 0 Å². The number of rotatable bonds is 7. The Bertz CT molecular complexity index is 766. The van der Waals surface area contributed by atoms with Crippen LogP contribution in [0.15, 0.2) is 30.5 Å². The molecule has 5 N–H and O–H groups in total. The summed E-state index contributed by atoms with van der Waals surface area (Å²) in [5.74, 6) is 0.814. The van der Waals surface area contributed by atoms with E-state index in [0.29, 0.717) is 18.4 Å². The first kappa shape index (κ1) is 17.9. The van der Waals surface area contributed by atoms with Gasteiger partial charge in [0.15, 0.2) is 0 Å². The van der Waals surface area contributed by atoms with Gasteiger partial charge in [-0.3, -0.25) is 4.79 Å². The zero-order valence-corrected chi connectivity index (χ0v) is 14.6. The average Bonchev–Trinajstić information content (AvgIpc) is 3.02. The van der Waals surface area contributed by atoms with Gasteiger partial charge in [0.25, 0.3) is 5.91 Å². The Balaban J connectivity index is 1.79. The standard InChI is InChI=1S/C18H23N5O3/c1-2-26-12-8-6-11(7-9-12)21-18-20-10-13(16(19)25)17(23-18)22-14-4-3-5-15(14)24/h6-10,14-15,24H,2-5H2,1H3,(H2,19,25)(H2,20,21,22,23)/t14-,15-/m0/s1. The first-order valence-corrected chi connectivity index (χ1v) is 8.68. The summed E-state index contributed by atoms with van der Waals surface area (Å²) in [5, 5.41) is 16.2. The van der Waals surface area contributed by atoms with Crippen LogP contribution in [0.3, 0.4) is 0 Å². The summed E-state index contributed by atoms with van der Waals surface area (Å²) in [7, 11) is 0. The third kappa shape index (κ3) is 4.20. The van der Waals surface area contributed by atoms with Gasteiger partial charge in [0.2, 0.25) is 5.95 Å². The predicted molar refractivity (Wildman–Crippen MR) is 98.7 cm³/mol. The van der Waals surface area contributed by atoms with Crippen molar-refractivity contribution in [1.29, 1.82) is 0 Å². The fraction of sp³-hybridized carbons (Fsp3) is 0.389. The molecule has 2 atom stereocenters. The summed E-state index contributed by atoms with van der Waals surface area (Å²) in [4.78, 5) is 20.2. The summed E-state index contributed by atoms with van der Waals surface area (Å²) >= 11 is 0. The van der Waals surface area contributed by atoms with Crippen LogP contribution in [0.1, 0.15) is 36.5 Å². The maximum atomic E-state index is 11.7. The van der Waals surface area contributed by atoms with Crippen LogP contribution in [0.2, 0.25) is 0 Å². The Morgan fingerprint density at radius 2 is 2.12 bits per heavy atom. The molecule has 0 spiro atoms. The van der Waals surface area contributed by atoms with E-state index < -0.39 is 12.0 Å². The van der Waals surface area contributed by atoms with E-state index in [1.165, 1.54) is 6.20 Å². The summed E-state index contributed by atoms with van der Waals surface area (Å²) in [6.45, 7) is 2.53. The molecule has 2 aromatic rings. The highest BCUT2D eigenvalue weighted by atomic mass is 16.5. The van der Waals surface area contributed by atoms with E-state index in [2.05, 4.69) is 20.6 Å². The Labute approximate surface area is 151 Å². The van der Waals surface area contributed by atoms with E-state index in [1.54, 1.807) is 0 Å². The van der Waals surface area contributed by atoms with E-state index in [4.69, 9.17) is 10.5 Å². The molecule has 8 heteroatoms. The van der Waals surface area contributed by atoms with E-state index in [9.17, 15) is 9.90 Å². The number of benzene rings is 1. The Morgan fingerprint density at radius 1 is 1.35 bits per heavy atom. The first-order valence-electron chi connectivity index (χ1n) is 8.68. The van der Waals surface area contributed by atoms with Crippen molar-refractivity contribution in [2.45, 2.75) is 38.3 Å².